The fraction of sp³-hybridized carbons (Fsp3) is 0.143. The van der Waals surface area contributed by atoms with Gasteiger partial charge < -0.3 is 9.15 Å². The molecule has 0 aliphatic carbocycles. The van der Waals surface area contributed by atoms with Crippen molar-refractivity contribution in [2.24, 2.45) is 0 Å². The summed E-state index contributed by atoms with van der Waals surface area (Å²) >= 11 is 0. The van der Waals surface area contributed by atoms with Crippen LogP contribution in [0.4, 0.5) is 5.69 Å². The minimum atomic E-state index is -0.533. The molecule has 2 heterocycles. The zero-order chi connectivity index (χ0) is 19.5. The summed E-state index contributed by atoms with van der Waals surface area (Å²) in [5.41, 5.74) is 2.10. The van der Waals surface area contributed by atoms with Crippen LogP contribution in [-0.4, -0.2) is 22.8 Å². The van der Waals surface area contributed by atoms with Crippen LogP contribution in [-0.2, 0) is 20.9 Å². The zero-order valence-electron chi connectivity index (χ0n) is 14.8. The highest BCUT2D eigenvalue weighted by atomic mass is 16.5. The molecule has 28 heavy (non-hydrogen) atoms. The lowest BCUT2D eigenvalue weighted by atomic mass is 10.2. The van der Waals surface area contributed by atoms with E-state index in [-0.39, 0.29) is 31.3 Å². The van der Waals surface area contributed by atoms with Gasteiger partial charge >= 0.3 is 5.97 Å². The summed E-state index contributed by atoms with van der Waals surface area (Å²) in [4.78, 5) is 41.2. The van der Waals surface area contributed by atoms with Crippen LogP contribution in [0.2, 0.25) is 0 Å². The van der Waals surface area contributed by atoms with E-state index < -0.39 is 5.97 Å². The molecular formula is C21H16N2O5. The smallest absolute Gasteiger partial charge is 0.338 e. The number of imide groups is 1. The highest BCUT2D eigenvalue weighted by Gasteiger charge is 2.30. The first-order chi connectivity index (χ1) is 13.6. The Morgan fingerprint density at radius 2 is 1.68 bits per heavy atom. The Balaban J connectivity index is 1.38. The Hall–Kier alpha value is -3.74. The summed E-state index contributed by atoms with van der Waals surface area (Å²) in [5.74, 6) is -0.549. The number of carbonyl (C=O) groups excluding carboxylic acids is 3. The molecule has 2 aromatic carbocycles. The number of carbonyl (C=O) groups is 3. The molecule has 0 spiro atoms. The van der Waals surface area contributed by atoms with Crippen molar-refractivity contribution in [1.29, 1.82) is 0 Å². The summed E-state index contributed by atoms with van der Waals surface area (Å²) < 4.78 is 10.7. The number of aromatic nitrogens is 1. The largest absolute Gasteiger partial charge is 0.455 e. The molecule has 2 amide bonds. The molecule has 1 saturated heterocycles. The molecule has 1 aliphatic heterocycles. The summed E-state index contributed by atoms with van der Waals surface area (Å²) in [6.07, 6.45) is 1.87. The maximum atomic E-state index is 12.2. The van der Waals surface area contributed by atoms with Gasteiger partial charge in [-0.05, 0) is 36.4 Å². The van der Waals surface area contributed by atoms with Crippen LogP contribution in [0.5, 0.6) is 0 Å². The van der Waals surface area contributed by atoms with Gasteiger partial charge in [-0.25, -0.2) is 9.78 Å². The van der Waals surface area contributed by atoms with Gasteiger partial charge in [-0.15, -0.1) is 0 Å². The number of hydrogen-bond acceptors (Lipinski definition) is 6. The number of oxazole rings is 1. The van der Waals surface area contributed by atoms with E-state index in [0.29, 0.717) is 22.8 Å². The minimum Gasteiger partial charge on any atom is -0.455 e. The standard InChI is InChI=1S/C21H16N2O5/c24-18-10-11-19(25)23(18)17-8-6-15(7-9-17)21(26)28-13-16-12-27-20(22-16)14-4-2-1-3-5-14/h1-9,12H,10-11,13H2. The Labute approximate surface area is 160 Å². The van der Waals surface area contributed by atoms with Gasteiger partial charge in [0, 0.05) is 18.4 Å². The lowest BCUT2D eigenvalue weighted by Crippen LogP contribution is -2.28. The molecule has 0 unspecified atom stereocenters. The van der Waals surface area contributed by atoms with Crippen LogP contribution in [0.1, 0.15) is 28.9 Å². The Morgan fingerprint density at radius 3 is 2.36 bits per heavy atom. The number of nitrogens with zero attached hydrogens (tertiary/aromatic N) is 2. The first-order valence-electron chi connectivity index (χ1n) is 8.74. The van der Waals surface area contributed by atoms with Gasteiger partial charge in [0.15, 0.2) is 0 Å². The fourth-order valence-electron chi connectivity index (χ4n) is 2.92. The van der Waals surface area contributed by atoms with Crippen molar-refractivity contribution < 1.29 is 23.5 Å². The van der Waals surface area contributed by atoms with Crippen LogP contribution in [0.15, 0.2) is 65.3 Å². The van der Waals surface area contributed by atoms with E-state index in [2.05, 4.69) is 4.98 Å². The van der Waals surface area contributed by atoms with Gasteiger partial charge in [0.2, 0.25) is 17.7 Å². The molecule has 0 atom stereocenters. The maximum Gasteiger partial charge on any atom is 0.338 e. The third-order valence-corrected chi connectivity index (χ3v) is 4.34. The van der Waals surface area contributed by atoms with E-state index in [1.807, 2.05) is 30.3 Å². The Morgan fingerprint density at radius 1 is 1.00 bits per heavy atom. The lowest BCUT2D eigenvalue weighted by Gasteiger charge is -2.13. The summed E-state index contributed by atoms with van der Waals surface area (Å²) in [7, 11) is 0. The molecule has 0 N–H and O–H groups in total. The third-order valence-electron chi connectivity index (χ3n) is 4.34. The van der Waals surface area contributed by atoms with Gasteiger partial charge in [0.25, 0.3) is 0 Å². The van der Waals surface area contributed by atoms with Crippen molar-refractivity contribution >= 4 is 23.5 Å². The maximum absolute atomic E-state index is 12.2. The minimum absolute atomic E-state index is 0.0278. The zero-order valence-corrected chi connectivity index (χ0v) is 14.8. The topological polar surface area (TPSA) is 89.7 Å². The predicted octanol–water partition coefficient (Wildman–Crippen LogP) is 3.35. The summed E-state index contributed by atoms with van der Waals surface area (Å²) in [5, 5.41) is 0. The quantitative estimate of drug-likeness (QED) is 0.501. The molecular weight excluding hydrogens is 360 g/mol. The van der Waals surface area contributed by atoms with Gasteiger partial charge in [0.1, 0.15) is 18.6 Å². The molecule has 140 valence electrons. The van der Waals surface area contributed by atoms with E-state index >= 15 is 0 Å². The molecule has 3 aromatic rings. The lowest BCUT2D eigenvalue weighted by molar-refractivity contribution is -0.121. The summed E-state index contributed by atoms with van der Waals surface area (Å²) in [6, 6.07) is 15.6. The first-order valence-corrected chi connectivity index (χ1v) is 8.74. The third kappa shape index (κ3) is 3.55. The van der Waals surface area contributed by atoms with Crippen LogP contribution < -0.4 is 4.90 Å². The monoisotopic (exact) mass is 376 g/mol. The molecule has 0 radical (unpaired) electrons. The molecule has 0 saturated carbocycles. The van der Waals surface area contributed by atoms with E-state index in [1.165, 1.54) is 18.4 Å². The predicted molar refractivity (Wildman–Crippen MR) is 99.2 cm³/mol. The molecule has 1 aromatic heterocycles. The van der Waals surface area contributed by atoms with Gasteiger partial charge in [0.05, 0.1) is 11.3 Å². The van der Waals surface area contributed by atoms with Crippen molar-refractivity contribution in [1.82, 2.24) is 4.98 Å². The van der Waals surface area contributed by atoms with Crippen molar-refractivity contribution in [2.75, 3.05) is 4.90 Å². The average molecular weight is 376 g/mol. The second kappa shape index (κ2) is 7.48. The number of rotatable bonds is 5. The van der Waals surface area contributed by atoms with E-state index in [4.69, 9.17) is 9.15 Å². The second-order valence-electron chi connectivity index (χ2n) is 6.26. The molecule has 7 heteroatoms. The normalized spacial score (nSPS) is 13.8. The van der Waals surface area contributed by atoms with Crippen molar-refractivity contribution in [3.05, 3.63) is 72.1 Å². The number of amides is 2. The average Bonchev–Trinajstić information content (AvgIpc) is 3.33. The van der Waals surface area contributed by atoms with Crippen molar-refractivity contribution in [3.8, 4) is 11.5 Å². The number of anilines is 1. The fourth-order valence-corrected chi connectivity index (χ4v) is 2.92. The van der Waals surface area contributed by atoms with E-state index in [1.54, 1.807) is 12.1 Å². The first kappa shape index (κ1) is 17.7. The van der Waals surface area contributed by atoms with Crippen LogP contribution in [0, 0.1) is 0 Å². The molecule has 0 bridgehead atoms. The number of hydrogen-bond donors (Lipinski definition) is 0. The van der Waals surface area contributed by atoms with Gasteiger partial charge in [-0.2, -0.15) is 0 Å². The molecule has 7 nitrogen and oxygen atoms in total. The number of esters is 1. The molecule has 1 fully saturated rings. The SMILES string of the molecule is O=C(OCc1coc(-c2ccccc2)n1)c1ccc(N2C(=O)CCC2=O)cc1. The molecule has 1 aliphatic rings. The van der Waals surface area contributed by atoms with Gasteiger partial charge in [-0.3, -0.25) is 14.5 Å². The van der Waals surface area contributed by atoms with Gasteiger partial charge in [-0.1, -0.05) is 18.2 Å². The van der Waals surface area contributed by atoms with Crippen LogP contribution >= 0.6 is 0 Å². The summed E-state index contributed by atoms with van der Waals surface area (Å²) in [6.45, 7) is -0.0278. The Bertz CT molecular complexity index is 1010. The van der Waals surface area contributed by atoms with E-state index in [9.17, 15) is 14.4 Å². The Kier molecular flexibility index (Phi) is 4.72. The number of ether oxygens (including phenoxy) is 1. The highest BCUT2D eigenvalue weighted by Crippen LogP contribution is 2.23. The van der Waals surface area contributed by atoms with Crippen LogP contribution in [0.3, 0.4) is 0 Å². The van der Waals surface area contributed by atoms with Crippen molar-refractivity contribution in [2.45, 2.75) is 19.4 Å². The van der Waals surface area contributed by atoms with Crippen LogP contribution in [0.25, 0.3) is 11.5 Å². The van der Waals surface area contributed by atoms with Crippen molar-refractivity contribution in [3.63, 3.8) is 0 Å². The van der Waals surface area contributed by atoms with E-state index in [0.717, 1.165) is 10.5 Å². The highest BCUT2D eigenvalue weighted by molar-refractivity contribution is 6.19. The molecule has 4 rings (SSSR count). The second-order valence-corrected chi connectivity index (χ2v) is 6.26. The number of benzene rings is 2.